The van der Waals surface area contributed by atoms with Crippen LogP contribution in [0.1, 0.15) is 35.2 Å². The van der Waals surface area contributed by atoms with E-state index >= 15 is 0 Å². The SMILES string of the molecule is Cn1c(Nc2ccc(C#N)cc2F)c(C(=O)NC2CCCC(O)C2O)ccc1=O. The molecule has 2 aromatic rings. The van der Waals surface area contributed by atoms with E-state index in [9.17, 15) is 24.2 Å². The van der Waals surface area contributed by atoms with Gasteiger partial charge in [0, 0.05) is 13.1 Å². The number of pyridine rings is 1. The molecule has 1 aliphatic rings. The summed E-state index contributed by atoms with van der Waals surface area (Å²) in [5.74, 6) is -1.22. The third-order valence-electron chi connectivity index (χ3n) is 5.05. The summed E-state index contributed by atoms with van der Waals surface area (Å²) in [5.41, 5.74) is -0.209. The van der Waals surface area contributed by atoms with Gasteiger partial charge < -0.3 is 20.8 Å². The van der Waals surface area contributed by atoms with Crippen molar-refractivity contribution in [2.45, 2.75) is 37.5 Å². The van der Waals surface area contributed by atoms with Crippen LogP contribution in [-0.2, 0) is 7.05 Å². The standard InChI is InChI=1S/C20H21FN4O4/c1-25-17(27)8-6-12(20(29)24-15-3-2-4-16(26)18(15)28)19(25)23-14-7-5-11(10-22)9-13(14)21/h5-9,15-16,18,23,26,28H,2-4H2,1H3,(H,24,29). The number of nitriles is 1. The number of rotatable bonds is 4. The Morgan fingerprint density at radius 2 is 2.03 bits per heavy atom. The Morgan fingerprint density at radius 3 is 2.72 bits per heavy atom. The third-order valence-corrected chi connectivity index (χ3v) is 5.05. The van der Waals surface area contributed by atoms with Crippen molar-refractivity contribution in [2.75, 3.05) is 5.32 Å². The minimum absolute atomic E-state index is 0.00706. The lowest BCUT2D eigenvalue weighted by Crippen LogP contribution is -2.51. The van der Waals surface area contributed by atoms with Crippen LogP contribution in [0.25, 0.3) is 0 Å². The van der Waals surface area contributed by atoms with Crippen LogP contribution < -0.4 is 16.2 Å². The molecule has 3 rings (SSSR count). The Morgan fingerprint density at radius 1 is 1.28 bits per heavy atom. The zero-order valence-corrected chi connectivity index (χ0v) is 15.7. The maximum atomic E-state index is 14.3. The number of anilines is 2. The minimum atomic E-state index is -1.09. The molecule has 1 aromatic carbocycles. The van der Waals surface area contributed by atoms with E-state index in [0.717, 1.165) is 6.07 Å². The Balaban J connectivity index is 1.92. The maximum absolute atomic E-state index is 14.3. The highest BCUT2D eigenvalue weighted by Crippen LogP contribution is 2.24. The molecule has 1 heterocycles. The number of aromatic nitrogens is 1. The summed E-state index contributed by atoms with van der Waals surface area (Å²) >= 11 is 0. The molecule has 0 saturated heterocycles. The van der Waals surface area contributed by atoms with Gasteiger partial charge in [-0.3, -0.25) is 14.2 Å². The van der Waals surface area contributed by atoms with E-state index in [1.807, 2.05) is 6.07 Å². The molecule has 3 atom stereocenters. The number of halogens is 1. The van der Waals surface area contributed by atoms with Crippen molar-refractivity contribution in [1.82, 2.24) is 9.88 Å². The van der Waals surface area contributed by atoms with Crippen LogP contribution in [-0.4, -0.2) is 38.9 Å². The molecule has 0 bridgehead atoms. The predicted octanol–water partition coefficient (Wildman–Crippen LogP) is 1.14. The van der Waals surface area contributed by atoms with Gasteiger partial charge in [-0.05, 0) is 43.5 Å². The topological polar surface area (TPSA) is 127 Å². The van der Waals surface area contributed by atoms with Crippen LogP contribution in [0.15, 0.2) is 35.1 Å². The highest BCUT2D eigenvalue weighted by Gasteiger charge is 2.32. The van der Waals surface area contributed by atoms with E-state index in [0.29, 0.717) is 19.3 Å². The van der Waals surface area contributed by atoms with E-state index in [1.165, 1.54) is 35.9 Å². The molecule has 1 saturated carbocycles. The lowest BCUT2D eigenvalue weighted by atomic mass is 9.90. The molecule has 1 fully saturated rings. The van der Waals surface area contributed by atoms with Crippen molar-refractivity contribution in [3.05, 3.63) is 57.6 Å². The van der Waals surface area contributed by atoms with Crippen molar-refractivity contribution in [1.29, 1.82) is 5.26 Å². The first-order valence-corrected chi connectivity index (χ1v) is 9.15. The van der Waals surface area contributed by atoms with Crippen molar-refractivity contribution < 1.29 is 19.4 Å². The molecule has 9 heteroatoms. The van der Waals surface area contributed by atoms with Gasteiger partial charge in [0.25, 0.3) is 11.5 Å². The van der Waals surface area contributed by atoms with Gasteiger partial charge in [0.1, 0.15) is 11.6 Å². The first kappa shape index (κ1) is 20.5. The molecule has 0 spiro atoms. The van der Waals surface area contributed by atoms with Gasteiger partial charge in [-0.2, -0.15) is 5.26 Å². The number of nitrogens with zero attached hydrogens (tertiary/aromatic N) is 2. The first-order valence-electron chi connectivity index (χ1n) is 9.15. The normalized spacial score (nSPS) is 21.3. The van der Waals surface area contributed by atoms with Gasteiger partial charge in [0.15, 0.2) is 0 Å². The van der Waals surface area contributed by atoms with Gasteiger partial charge >= 0.3 is 0 Å². The number of nitrogens with one attached hydrogen (secondary N) is 2. The molecular formula is C20H21FN4O4. The monoisotopic (exact) mass is 400 g/mol. The molecule has 8 nitrogen and oxygen atoms in total. The number of carbonyl (C=O) groups is 1. The highest BCUT2D eigenvalue weighted by atomic mass is 19.1. The number of aliphatic hydroxyl groups is 2. The summed E-state index contributed by atoms with van der Waals surface area (Å²) < 4.78 is 15.5. The van der Waals surface area contributed by atoms with Gasteiger partial charge in [0.05, 0.1) is 41.1 Å². The first-order chi connectivity index (χ1) is 13.8. The van der Waals surface area contributed by atoms with Crippen molar-refractivity contribution in [2.24, 2.45) is 7.05 Å². The van der Waals surface area contributed by atoms with E-state index in [-0.39, 0.29) is 22.6 Å². The van der Waals surface area contributed by atoms with Crippen LogP contribution in [0, 0.1) is 17.1 Å². The average molecular weight is 400 g/mol. The Labute approximate surface area is 166 Å². The maximum Gasteiger partial charge on any atom is 0.255 e. The van der Waals surface area contributed by atoms with Crippen LogP contribution >= 0.6 is 0 Å². The third kappa shape index (κ3) is 4.29. The smallest absolute Gasteiger partial charge is 0.255 e. The minimum Gasteiger partial charge on any atom is -0.390 e. The molecule has 1 aliphatic carbocycles. The fourth-order valence-corrected chi connectivity index (χ4v) is 3.34. The largest absolute Gasteiger partial charge is 0.390 e. The van der Waals surface area contributed by atoms with Crippen molar-refractivity contribution in [3.63, 3.8) is 0 Å². The summed E-state index contributed by atoms with van der Waals surface area (Å²) in [6.07, 6.45) is -0.397. The number of hydrogen-bond acceptors (Lipinski definition) is 6. The number of carbonyl (C=O) groups excluding carboxylic acids is 1. The van der Waals surface area contributed by atoms with Crippen molar-refractivity contribution in [3.8, 4) is 6.07 Å². The number of benzene rings is 1. The van der Waals surface area contributed by atoms with Crippen LogP contribution in [0.4, 0.5) is 15.9 Å². The summed E-state index contributed by atoms with van der Waals surface area (Å²) in [4.78, 5) is 24.9. The van der Waals surface area contributed by atoms with E-state index < -0.39 is 35.5 Å². The summed E-state index contributed by atoms with van der Waals surface area (Å²) in [6.45, 7) is 0. The lowest BCUT2D eigenvalue weighted by Gasteiger charge is -2.32. The molecular weight excluding hydrogens is 379 g/mol. The van der Waals surface area contributed by atoms with Crippen molar-refractivity contribution >= 4 is 17.4 Å². The quantitative estimate of drug-likeness (QED) is 0.610. The Hall–Kier alpha value is -3.22. The number of hydrogen-bond donors (Lipinski definition) is 4. The average Bonchev–Trinajstić information content (AvgIpc) is 2.70. The summed E-state index contributed by atoms with van der Waals surface area (Å²) in [6, 6.07) is 7.51. The van der Waals surface area contributed by atoms with Gasteiger partial charge in [-0.15, -0.1) is 0 Å². The van der Waals surface area contributed by atoms with Crippen LogP contribution in [0.3, 0.4) is 0 Å². The highest BCUT2D eigenvalue weighted by molar-refractivity contribution is 5.99. The zero-order valence-electron chi connectivity index (χ0n) is 15.7. The molecule has 4 N–H and O–H groups in total. The van der Waals surface area contributed by atoms with E-state index in [1.54, 1.807) is 0 Å². The summed E-state index contributed by atoms with van der Waals surface area (Å²) in [7, 11) is 1.43. The number of aliphatic hydroxyl groups excluding tert-OH is 2. The fraction of sp³-hybridized carbons (Fsp3) is 0.350. The fourth-order valence-electron chi connectivity index (χ4n) is 3.34. The Bertz CT molecular complexity index is 1030. The van der Waals surface area contributed by atoms with Gasteiger partial charge in [-0.1, -0.05) is 0 Å². The molecule has 1 aromatic heterocycles. The molecule has 3 unspecified atom stereocenters. The van der Waals surface area contributed by atoms with E-state index in [2.05, 4.69) is 10.6 Å². The van der Waals surface area contributed by atoms with Crippen LogP contribution in [0.2, 0.25) is 0 Å². The second-order valence-corrected chi connectivity index (χ2v) is 6.99. The second kappa shape index (κ2) is 8.43. The van der Waals surface area contributed by atoms with E-state index in [4.69, 9.17) is 5.26 Å². The molecule has 152 valence electrons. The van der Waals surface area contributed by atoms with Crippen LogP contribution in [0.5, 0.6) is 0 Å². The van der Waals surface area contributed by atoms with Gasteiger partial charge in [-0.25, -0.2) is 4.39 Å². The molecule has 0 aliphatic heterocycles. The predicted molar refractivity (Wildman–Crippen MR) is 103 cm³/mol. The number of amides is 1. The summed E-state index contributed by atoms with van der Waals surface area (Å²) in [5, 5.41) is 34.2. The molecule has 29 heavy (non-hydrogen) atoms. The second-order valence-electron chi connectivity index (χ2n) is 6.99. The zero-order chi connectivity index (χ0) is 21.1. The lowest BCUT2D eigenvalue weighted by molar-refractivity contribution is -0.0277. The Kier molecular flexibility index (Phi) is 5.96. The molecule has 0 radical (unpaired) electrons. The molecule has 1 amide bonds. The van der Waals surface area contributed by atoms with Gasteiger partial charge in [0.2, 0.25) is 0 Å².